The van der Waals surface area contributed by atoms with Gasteiger partial charge in [-0.15, -0.1) is 0 Å². The monoisotopic (exact) mass is 454 g/mol. The van der Waals surface area contributed by atoms with Gasteiger partial charge in [-0.25, -0.2) is 19.3 Å². The van der Waals surface area contributed by atoms with E-state index in [4.69, 9.17) is 14.2 Å². The molecule has 2 heterocycles. The van der Waals surface area contributed by atoms with Crippen LogP contribution in [0.4, 0.5) is 0 Å². The number of hydrogen-bond donors (Lipinski definition) is 0. The Morgan fingerprint density at radius 3 is 2.26 bits per heavy atom. The van der Waals surface area contributed by atoms with Gasteiger partial charge in [-0.3, -0.25) is 0 Å². The number of rotatable bonds is 6. The van der Waals surface area contributed by atoms with Crippen LogP contribution in [0, 0.1) is 11.3 Å². The van der Waals surface area contributed by atoms with Crippen LogP contribution in [0.2, 0.25) is 0 Å². The Morgan fingerprint density at radius 2 is 1.62 bits per heavy atom. The van der Waals surface area contributed by atoms with Gasteiger partial charge in [0.2, 0.25) is 5.88 Å². The average Bonchev–Trinajstić information content (AvgIpc) is 3.29. The number of ether oxygens (including phenoxy) is 3. The van der Waals surface area contributed by atoms with Crippen molar-refractivity contribution in [2.75, 3.05) is 14.2 Å². The lowest BCUT2D eigenvalue weighted by atomic mass is 10.1. The van der Waals surface area contributed by atoms with Gasteiger partial charge in [-0.1, -0.05) is 18.2 Å². The van der Waals surface area contributed by atoms with Crippen molar-refractivity contribution in [1.82, 2.24) is 14.8 Å². The summed E-state index contributed by atoms with van der Waals surface area (Å²) in [5.41, 5.74) is 1.56. The van der Waals surface area contributed by atoms with E-state index in [9.17, 15) is 14.9 Å². The molecule has 0 bridgehead atoms. The third-order valence-electron chi connectivity index (χ3n) is 4.89. The van der Waals surface area contributed by atoms with E-state index in [2.05, 4.69) is 10.1 Å². The first-order valence-corrected chi connectivity index (χ1v) is 10.1. The second kappa shape index (κ2) is 9.67. The van der Waals surface area contributed by atoms with E-state index < -0.39 is 11.9 Å². The van der Waals surface area contributed by atoms with Gasteiger partial charge < -0.3 is 14.2 Å². The van der Waals surface area contributed by atoms with Crippen LogP contribution in [0.3, 0.4) is 0 Å². The summed E-state index contributed by atoms with van der Waals surface area (Å²) in [6, 6.07) is 20.8. The highest BCUT2D eigenvalue weighted by Gasteiger charge is 2.31. The molecule has 0 aliphatic rings. The summed E-state index contributed by atoms with van der Waals surface area (Å²) < 4.78 is 16.9. The van der Waals surface area contributed by atoms with Gasteiger partial charge in [0.1, 0.15) is 28.6 Å². The van der Waals surface area contributed by atoms with Gasteiger partial charge in [-0.2, -0.15) is 10.4 Å². The molecular formula is C25H18N4O5. The summed E-state index contributed by atoms with van der Waals surface area (Å²) in [6.45, 7) is 0. The molecule has 4 rings (SSSR count). The summed E-state index contributed by atoms with van der Waals surface area (Å²) >= 11 is 0. The van der Waals surface area contributed by atoms with Crippen LogP contribution in [-0.4, -0.2) is 40.9 Å². The van der Waals surface area contributed by atoms with Crippen molar-refractivity contribution in [1.29, 1.82) is 5.26 Å². The van der Waals surface area contributed by atoms with Crippen molar-refractivity contribution in [3.8, 4) is 34.6 Å². The predicted octanol–water partition coefficient (Wildman–Crippen LogP) is 4.17. The first-order chi connectivity index (χ1) is 16.6. The van der Waals surface area contributed by atoms with Gasteiger partial charge in [0.25, 0.3) is 0 Å². The lowest BCUT2D eigenvalue weighted by Crippen LogP contribution is -2.15. The second-order valence-electron chi connectivity index (χ2n) is 6.90. The highest BCUT2D eigenvalue weighted by Crippen LogP contribution is 2.31. The van der Waals surface area contributed by atoms with E-state index in [1.54, 1.807) is 60.7 Å². The number of carbonyl (C=O) groups excluding carboxylic acids is 2. The number of benzene rings is 2. The third kappa shape index (κ3) is 4.20. The summed E-state index contributed by atoms with van der Waals surface area (Å²) in [7, 11) is 2.45. The summed E-state index contributed by atoms with van der Waals surface area (Å²) in [4.78, 5) is 29.5. The molecular weight excluding hydrogens is 436 g/mol. The number of methoxy groups -OCH3 is 2. The van der Waals surface area contributed by atoms with Crippen molar-refractivity contribution in [3.05, 3.63) is 89.7 Å². The Kier molecular flexibility index (Phi) is 6.32. The fourth-order valence-corrected chi connectivity index (χ4v) is 3.31. The van der Waals surface area contributed by atoms with Crippen LogP contribution in [0.5, 0.6) is 11.6 Å². The van der Waals surface area contributed by atoms with Crippen LogP contribution in [-0.2, 0) is 9.47 Å². The second-order valence-corrected chi connectivity index (χ2v) is 6.90. The van der Waals surface area contributed by atoms with Crippen molar-refractivity contribution in [2.45, 2.75) is 0 Å². The molecule has 2 aromatic heterocycles. The number of pyridine rings is 1. The third-order valence-corrected chi connectivity index (χ3v) is 4.89. The molecule has 4 aromatic rings. The van der Waals surface area contributed by atoms with Crippen LogP contribution in [0.1, 0.15) is 26.4 Å². The van der Waals surface area contributed by atoms with Crippen molar-refractivity contribution >= 4 is 11.9 Å². The van der Waals surface area contributed by atoms with Crippen molar-refractivity contribution in [3.63, 3.8) is 0 Å². The van der Waals surface area contributed by atoms with Gasteiger partial charge in [-0.05, 0) is 48.5 Å². The number of aromatic nitrogens is 3. The zero-order chi connectivity index (χ0) is 24.1. The average molecular weight is 454 g/mol. The number of para-hydroxylation sites is 1. The molecule has 9 nitrogen and oxygen atoms in total. The highest BCUT2D eigenvalue weighted by atomic mass is 16.5. The van der Waals surface area contributed by atoms with Gasteiger partial charge in [0.05, 0.1) is 19.9 Å². The van der Waals surface area contributed by atoms with E-state index in [1.165, 1.54) is 25.1 Å². The van der Waals surface area contributed by atoms with Crippen LogP contribution in [0.15, 0.2) is 72.9 Å². The Hall–Kier alpha value is -4.97. The summed E-state index contributed by atoms with van der Waals surface area (Å²) in [6.07, 6.45) is 1.53. The molecule has 0 fully saturated rings. The molecule has 34 heavy (non-hydrogen) atoms. The number of nitriles is 1. The molecule has 0 saturated carbocycles. The Labute approximate surface area is 194 Å². The van der Waals surface area contributed by atoms with Gasteiger partial charge in [0, 0.05) is 11.8 Å². The Morgan fingerprint density at radius 1 is 0.912 bits per heavy atom. The molecule has 0 atom stereocenters. The number of nitrogens with zero attached hydrogens (tertiary/aromatic N) is 4. The fraction of sp³-hybridized carbons (Fsp3) is 0.0800. The molecule has 2 aromatic carbocycles. The maximum Gasteiger partial charge on any atom is 0.357 e. The van der Waals surface area contributed by atoms with Crippen LogP contribution in [0.25, 0.3) is 16.9 Å². The Bertz CT molecular complexity index is 1390. The molecule has 0 aliphatic carbocycles. The van der Waals surface area contributed by atoms with Crippen molar-refractivity contribution < 1.29 is 23.8 Å². The first kappa shape index (κ1) is 22.2. The lowest BCUT2D eigenvalue weighted by molar-refractivity contribution is 0.0549. The van der Waals surface area contributed by atoms with E-state index >= 15 is 0 Å². The predicted molar refractivity (Wildman–Crippen MR) is 121 cm³/mol. The lowest BCUT2D eigenvalue weighted by Gasteiger charge is -2.07. The van der Waals surface area contributed by atoms with Gasteiger partial charge in [0.15, 0.2) is 5.69 Å². The molecule has 9 heteroatoms. The topological polar surface area (TPSA) is 116 Å². The Balaban J connectivity index is 1.81. The standard InChI is InChI=1S/C25H18N4O5/c1-32-24(30)20-21(28-29(22(20)25(31)33-2)18-8-4-3-5-9-18)16-10-12-19(13-11-16)34-23-17(15-26)7-6-14-27-23/h3-14H,1-2H3. The maximum absolute atomic E-state index is 12.7. The molecule has 0 saturated heterocycles. The SMILES string of the molecule is COC(=O)c1c(-c2ccc(Oc3ncccc3C#N)cc2)nn(-c2ccccc2)c1C(=O)OC. The molecule has 0 radical (unpaired) electrons. The van der Waals surface area contributed by atoms with Crippen molar-refractivity contribution in [2.24, 2.45) is 0 Å². The minimum Gasteiger partial charge on any atom is -0.465 e. The summed E-state index contributed by atoms with van der Waals surface area (Å²) in [5.74, 6) is -0.865. The number of esters is 2. The number of hydrogen-bond acceptors (Lipinski definition) is 8. The summed E-state index contributed by atoms with van der Waals surface area (Å²) in [5, 5.41) is 13.8. The smallest absolute Gasteiger partial charge is 0.357 e. The fourth-order valence-electron chi connectivity index (χ4n) is 3.31. The van der Waals surface area contributed by atoms with Crippen LogP contribution < -0.4 is 4.74 Å². The zero-order valence-electron chi connectivity index (χ0n) is 18.3. The highest BCUT2D eigenvalue weighted by molar-refractivity contribution is 6.06. The molecule has 0 N–H and O–H groups in total. The van der Waals surface area contributed by atoms with E-state index in [1.807, 2.05) is 12.1 Å². The van der Waals surface area contributed by atoms with Gasteiger partial charge >= 0.3 is 11.9 Å². The maximum atomic E-state index is 12.7. The molecule has 0 aliphatic heterocycles. The number of carbonyl (C=O) groups is 2. The minimum absolute atomic E-state index is 0.0247. The zero-order valence-corrected chi connectivity index (χ0v) is 18.3. The molecule has 0 unspecified atom stereocenters. The molecule has 168 valence electrons. The minimum atomic E-state index is -0.734. The first-order valence-electron chi connectivity index (χ1n) is 10.1. The van der Waals surface area contributed by atoms with E-state index in [0.717, 1.165) is 0 Å². The largest absolute Gasteiger partial charge is 0.465 e. The van der Waals surface area contributed by atoms with E-state index in [0.29, 0.717) is 22.6 Å². The quantitative estimate of drug-likeness (QED) is 0.399. The van der Waals surface area contributed by atoms with Crippen LogP contribution >= 0.6 is 0 Å². The molecule has 0 spiro atoms. The molecule has 0 amide bonds. The van der Waals surface area contributed by atoms with E-state index in [-0.39, 0.29) is 22.8 Å². The normalized spacial score (nSPS) is 10.3.